The van der Waals surface area contributed by atoms with Crippen molar-refractivity contribution in [3.05, 3.63) is 35.9 Å². The number of nitrogen functional groups attached to an aromatic ring is 1. The molecule has 30 heavy (non-hydrogen) atoms. The Morgan fingerprint density at radius 1 is 1.30 bits per heavy atom. The molecule has 3 rings (SSSR count). The number of nitrogens with one attached hydrogen (secondary N) is 1. The topological polar surface area (TPSA) is 162 Å². The maximum atomic E-state index is 13.0. The number of hydrazone groups is 1. The summed E-state index contributed by atoms with van der Waals surface area (Å²) in [7, 11) is 2.59. The van der Waals surface area contributed by atoms with Crippen molar-refractivity contribution in [2.75, 3.05) is 32.1 Å². The van der Waals surface area contributed by atoms with E-state index >= 15 is 0 Å². The van der Waals surface area contributed by atoms with Crippen LogP contribution in [0.3, 0.4) is 0 Å². The van der Waals surface area contributed by atoms with Crippen LogP contribution >= 0.6 is 23.3 Å². The van der Waals surface area contributed by atoms with E-state index in [2.05, 4.69) is 15.6 Å². The molecule has 9 N–H and O–H groups in total. The Hall–Kier alpha value is -2.22. The molecule has 0 aliphatic carbocycles. The first-order valence-corrected chi connectivity index (χ1v) is 11.9. The second-order valence-corrected chi connectivity index (χ2v) is 9.86. The van der Waals surface area contributed by atoms with Gasteiger partial charge in [0.05, 0.1) is 30.8 Å². The number of anilines is 1. The molecule has 0 fully saturated rings. The lowest BCUT2D eigenvalue weighted by Gasteiger charge is -2.18. The van der Waals surface area contributed by atoms with Crippen LogP contribution in [0.15, 0.2) is 45.2 Å². The molecule has 0 radical (unpaired) electrons. The van der Waals surface area contributed by atoms with Gasteiger partial charge in [-0.15, -0.1) is 5.10 Å². The number of hydrazine groups is 1. The molecule has 0 spiro atoms. The zero-order valence-electron chi connectivity index (χ0n) is 16.6. The molecule has 1 atom stereocenters. The molecule has 0 saturated heterocycles. The fourth-order valence-corrected chi connectivity index (χ4v) is 6.00. The minimum atomic E-state index is -1.27. The van der Waals surface area contributed by atoms with Crippen LogP contribution in [0.2, 0.25) is 0 Å². The van der Waals surface area contributed by atoms with Gasteiger partial charge in [0.1, 0.15) is 0 Å². The van der Waals surface area contributed by atoms with Gasteiger partial charge in [-0.25, -0.2) is 16.4 Å². The number of rotatable bonds is 8. The van der Waals surface area contributed by atoms with Crippen molar-refractivity contribution >= 4 is 55.3 Å². The van der Waals surface area contributed by atoms with Crippen molar-refractivity contribution in [1.29, 1.82) is 0 Å². The van der Waals surface area contributed by atoms with Gasteiger partial charge in [-0.1, -0.05) is 29.5 Å². The van der Waals surface area contributed by atoms with E-state index < -0.39 is 10.8 Å². The molecule has 1 unspecified atom stereocenters. The number of fused-ring (bicyclic) bond motifs is 1. The van der Waals surface area contributed by atoms with E-state index in [0.717, 1.165) is 33.3 Å². The third-order valence-corrected chi connectivity index (χ3v) is 7.40. The SMILES string of the molecule is CN(C)CCS(=O)c1ccc(-c2cccc3sc(N)nc23)c(/C(N)=N/NN)c1SN. The number of nitrogens with two attached hydrogens (primary N) is 4. The van der Waals surface area contributed by atoms with Crippen LogP contribution in [-0.4, -0.2) is 46.3 Å². The lowest BCUT2D eigenvalue weighted by molar-refractivity contribution is 0.435. The summed E-state index contributed by atoms with van der Waals surface area (Å²) in [6, 6.07) is 9.48. The summed E-state index contributed by atoms with van der Waals surface area (Å²) in [6.07, 6.45) is 0. The first kappa shape index (κ1) is 22.5. The molecule has 0 amide bonds. The summed E-state index contributed by atoms with van der Waals surface area (Å²) >= 11 is 2.38. The number of nitrogens with zero attached hydrogens (tertiary/aromatic N) is 3. The first-order chi connectivity index (χ1) is 14.4. The van der Waals surface area contributed by atoms with Crippen LogP contribution in [0.4, 0.5) is 5.13 Å². The van der Waals surface area contributed by atoms with Gasteiger partial charge in [-0.3, -0.25) is 9.35 Å². The van der Waals surface area contributed by atoms with Crippen molar-refractivity contribution in [2.45, 2.75) is 9.79 Å². The molecule has 2 aromatic carbocycles. The van der Waals surface area contributed by atoms with E-state index in [1.54, 1.807) is 0 Å². The summed E-state index contributed by atoms with van der Waals surface area (Å²) in [5.74, 6) is 5.97. The van der Waals surface area contributed by atoms with Crippen molar-refractivity contribution in [3.8, 4) is 11.1 Å². The van der Waals surface area contributed by atoms with Crippen molar-refractivity contribution < 1.29 is 4.21 Å². The quantitative estimate of drug-likeness (QED) is 0.109. The largest absolute Gasteiger partial charge is 0.382 e. The Balaban J connectivity index is 2.25. The van der Waals surface area contributed by atoms with Crippen molar-refractivity contribution in [1.82, 2.24) is 15.4 Å². The van der Waals surface area contributed by atoms with E-state index in [-0.39, 0.29) is 5.84 Å². The number of benzene rings is 2. The number of thiazole rings is 1. The van der Waals surface area contributed by atoms with Crippen LogP contribution in [0, 0.1) is 0 Å². The molecule has 12 heteroatoms. The highest BCUT2D eigenvalue weighted by molar-refractivity contribution is 7.97. The Kier molecular flexibility index (Phi) is 7.28. The fraction of sp³-hybridized carbons (Fsp3) is 0.222. The van der Waals surface area contributed by atoms with E-state index in [4.69, 9.17) is 22.4 Å². The highest BCUT2D eigenvalue weighted by Crippen LogP contribution is 2.38. The molecule has 1 aromatic heterocycles. The summed E-state index contributed by atoms with van der Waals surface area (Å²) in [4.78, 5) is 7.63. The second kappa shape index (κ2) is 9.73. The van der Waals surface area contributed by atoms with Gasteiger partial charge in [0.15, 0.2) is 11.0 Å². The Bertz CT molecular complexity index is 1110. The molecule has 3 aromatic rings. The molecular formula is C18H24N8OS3. The second-order valence-electron chi connectivity index (χ2n) is 6.62. The summed E-state index contributed by atoms with van der Waals surface area (Å²) in [5, 5.41) is 10.4. The van der Waals surface area contributed by atoms with Crippen LogP contribution in [0.5, 0.6) is 0 Å². The maximum Gasteiger partial charge on any atom is 0.181 e. The summed E-state index contributed by atoms with van der Waals surface area (Å²) in [6.45, 7) is 0.670. The monoisotopic (exact) mass is 464 g/mol. The molecule has 1 heterocycles. The Labute approximate surface area is 185 Å². The molecule has 9 nitrogen and oxygen atoms in total. The van der Waals surface area contributed by atoms with Gasteiger partial charge in [0, 0.05) is 23.4 Å². The third kappa shape index (κ3) is 4.58. The standard InChI is InChI=1S/C18H24N8OS3/c1-26(2)8-9-30(27)13-7-6-10(14(16(13)29-22)17(19)24-25-21)11-4-3-5-12-15(11)23-18(20)28-12/h3-7,25H,8-9,21-22H2,1-2H3,(H2,19,24)(H2,20,23). The van der Waals surface area contributed by atoms with Crippen LogP contribution < -0.4 is 28.0 Å². The van der Waals surface area contributed by atoms with Gasteiger partial charge < -0.3 is 16.4 Å². The minimum absolute atomic E-state index is 0.132. The predicted molar refractivity (Wildman–Crippen MR) is 127 cm³/mol. The van der Waals surface area contributed by atoms with Crippen LogP contribution in [-0.2, 0) is 10.8 Å². The van der Waals surface area contributed by atoms with E-state index in [0.29, 0.717) is 32.8 Å². The van der Waals surface area contributed by atoms with Crippen molar-refractivity contribution in [2.24, 2.45) is 21.8 Å². The molecule has 0 aliphatic heterocycles. The smallest absolute Gasteiger partial charge is 0.181 e. The lowest BCUT2D eigenvalue weighted by atomic mass is 9.98. The zero-order valence-corrected chi connectivity index (χ0v) is 19.0. The Morgan fingerprint density at radius 2 is 2.07 bits per heavy atom. The van der Waals surface area contributed by atoms with Gasteiger partial charge in [0.25, 0.3) is 0 Å². The fourth-order valence-electron chi connectivity index (χ4n) is 3.02. The third-order valence-electron chi connectivity index (χ3n) is 4.38. The van der Waals surface area contributed by atoms with Gasteiger partial charge in [0.2, 0.25) is 0 Å². The molecular weight excluding hydrogens is 440 g/mol. The average Bonchev–Trinajstić information content (AvgIpc) is 3.11. The van der Waals surface area contributed by atoms with Crippen LogP contribution in [0.1, 0.15) is 5.56 Å². The lowest BCUT2D eigenvalue weighted by Crippen LogP contribution is -2.25. The Morgan fingerprint density at radius 3 is 2.73 bits per heavy atom. The molecule has 0 aliphatic rings. The summed E-state index contributed by atoms with van der Waals surface area (Å²) < 4.78 is 13.9. The zero-order chi connectivity index (χ0) is 21.8. The molecule has 160 valence electrons. The van der Waals surface area contributed by atoms with Gasteiger partial charge >= 0.3 is 0 Å². The van der Waals surface area contributed by atoms with Gasteiger partial charge in [-0.2, -0.15) is 0 Å². The number of amidine groups is 1. The average molecular weight is 465 g/mol. The highest BCUT2D eigenvalue weighted by Gasteiger charge is 2.22. The normalized spacial score (nSPS) is 13.2. The molecule has 0 bridgehead atoms. The maximum absolute atomic E-state index is 13.0. The number of aromatic nitrogens is 1. The number of para-hydroxylation sites is 1. The number of hydrogen-bond donors (Lipinski definition) is 5. The molecule has 0 saturated carbocycles. The van der Waals surface area contributed by atoms with Gasteiger partial charge in [-0.05, 0) is 43.7 Å². The summed E-state index contributed by atoms with van der Waals surface area (Å²) in [5.41, 5.74) is 17.3. The van der Waals surface area contributed by atoms with Crippen LogP contribution in [0.25, 0.3) is 21.3 Å². The van der Waals surface area contributed by atoms with E-state index in [9.17, 15) is 4.21 Å². The minimum Gasteiger partial charge on any atom is -0.382 e. The predicted octanol–water partition coefficient (Wildman–Crippen LogP) is 1.26. The van der Waals surface area contributed by atoms with Crippen molar-refractivity contribution in [3.63, 3.8) is 0 Å². The first-order valence-electron chi connectivity index (χ1n) is 8.88. The van der Waals surface area contributed by atoms with E-state index in [1.807, 2.05) is 49.3 Å². The number of hydrogen-bond acceptors (Lipinski definition) is 10. The highest BCUT2D eigenvalue weighted by atomic mass is 32.2. The van der Waals surface area contributed by atoms with E-state index in [1.165, 1.54) is 11.3 Å².